The van der Waals surface area contributed by atoms with Gasteiger partial charge in [0.1, 0.15) is 5.75 Å². The topological polar surface area (TPSA) is 47.6 Å². The molecule has 0 spiro atoms. The van der Waals surface area contributed by atoms with Gasteiger partial charge in [0.25, 0.3) is 0 Å². The molecular weight excluding hydrogens is 374 g/mol. The number of rotatable bonds is 5. The summed E-state index contributed by atoms with van der Waals surface area (Å²) < 4.78 is 5.75. The normalized spacial score (nSPS) is 18.1. The van der Waals surface area contributed by atoms with Crippen molar-refractivity contribution in [2.24, 2.45) is 0 Å². The van der Waals surface area contributed by atoms with Gasteiger partial charge in [0.2, 0.25) is 0 Å². The molecule has 0 aliphatic carbocycles. The second-order valence-corrected chi connectivity index (χ2v) is 7.98. The maximum atomic E-state index is 6.76. The molecule has 6 nitrogen and oxygen atoms in total. The third-order valence-electron chi connectivity index (χ3n) is 5.74. The predicted molar refractivity (Wildman–Crippen MR) is 113 cm³/mol. The summed E-state index contributed by atoms with van der Waals surface area (Å²) in [6, 6.07) is 4.16. The first-order chi connectivity index (χ1) is 13.6. The number of nitrogens with zero attached hydrogens (tertiary/aromatic N) is 4. The molecule has 1 saturated heterocycles. The van der Waals surface area contributed by atoms with E-state index in [-0.39, 0.29) is 0 Å². The summed E-state index contributed by atoms with van der Waals surface area (Å²) >= 11 is 6.76. The number of methoxy groups -OCH3 is 1. The van der Waals surface area contributed by atoms with Gasteiger partial charge in [0, 0.05) is 67.7 Å². The van der Waals surface area contributed by atoms with Gasteiger partial charge in [-0.25, -0.2) is 0 Å². The van der Waals surface area contributed by atoms with E-state index in [9.17, 15) is 0 Å². The molecule has 2 aliphatic heterocycles. The van der Waals surface area contributed by atoms with E-state index in [1.165, 1.54) is 0 Å². The van der Waals surface area contributed by atoms with Crippen molar-refractivity contribution in [3.05, 3.63) is 51.9 Å². The molecule has 1 N–H and O–H groups in total. The van der Waals surface area contributed by atoms with Crippen molar-refractivity contribution >= 4 is 17.2 Å². The minimum atomic E-state index is 0.756. The Morgan fingerprint density at radius 2 is 1.93 bits per heavy atom. The molecule has 0 amide bonds. The highest BCUT2D eigenvalue weighted by molar-refractivity contribution is 6.31. The zero-order valence-electron chi connectivity index (χ0n) is 16.8. The van der Waals surface area contributed by atoms with Gasteiger partial charge in [-0.1, -0.05) is 18.5 Å². The van der Waals surface area contributed by atoms with Crippen LogP contribution in [0.2, 0.25) is 5.02 Å². The van der Waals surface area contributed by atoms with E-state index in [1.54, 1.807) is 7.11 Å². The van der Waals surface area contributed by atoms with Gasteiger partial charge in [-0.2, -0.15) is 5.10 Å². The molecule has 0 unspecified atom stereocenters. The predicted octanol–water partition coefficient (Wildman–Crippen LogP) is 3.04. The lowest BCUT2D eigenvalue weighted by atomic mass is 9.95. The third-order valence-corrected chi connectivity index (χ3v) is 6.08. The standard InChI is InChI=1S/C21H28ClN5O/c1-4-26-5-7-27(8-6-26)13-18-19(22)9-15(10-21(18)28-3)17-12-25(2)14-20-16(17)11-23-24-20/h9-12H,4-8,13-14H2,1-3H3,(H,23,24). The van der Waals surface area contributed by atoms with Crippen molar-refractivity contribution in [1.82, 2.24) is 24.9 Å². The van der Waals surface area contributed by atoms with Crippen LogP contribution in [-0.2, 0) is 13.1 Å². The Balaban J connectivity index is 1.62. The van der Waals surface area contributed by atoms with Crippen molar-refractivity contribution < 1.29 is 4.74 Å². The molecule has 3 heterocycles. The van der Waals surface area contributed by atoms with Crippen molar-refractivity contribution in [3.63, 3.8) is 0 Å². The molecule has 0 radical (unpaired) electrons. The quantitative estimate of drug-likeness (QED) is 0.834. The average Bonchev–Trinajstić information content (AvgIpc) is 3.17. The van der Waals surface area contributed by atoms with Crippen molar-refractivity contribution in [2.45, 2.75) is 20.0 Å². The maximum Gasteiger partial charge on any atom is 0.125 e. The maximum absolute atomic E-state index is 6.76. The number of aromatic amines is 1. The summed E-state index contributed by atoms with van der Waals surface area (Å²) in [6.45, 7) is 9.31. The van der Waals surface area contributed by atoms with Gasteiger partial charge in [-0.05, 0) is 24.2 Å². The highest BCUT2D eigenvalue weighted by Crippen LogP contribution is 2.37. The molecule has 2 aromatic rings. The summed E-state index contributed by atoms with van der Waals surface area (Å²) in [5, 5.41) is 8.07. The van der Waals surface area contributed by atoms with E-state index >= 15 is 0 Å². The fourth-order valence-corrected chi connectivity index (χ4v) is 4.34. The second kappa shape index (κ2) is 8.15. The minimum Gasteiger partial charge on any atom is -0.496 e. The Labute approximate surface area is 171 Å². The first kappa shape index (κ1) is 19.3. The number of likely N-dealkylation sites (N-methyl/N-ethyl adjacent to an activating group) is 1. The number of hydrogen-bond acceptors (Lipinski definition) is 5. The van der Waals surface area contributed by atoms with Gasteiger partial charge in [-0.3, -0.25) is 10.00 Å². The summed E-state index contributed by atoms with van der Waals surface area (Å²) in [5.74, 6) is 0.847. The number of hydrogen-bond donors (Lipinski definition) is 1. The molecule has 7 heteroatoms. The molecule has 2 aliphatic rings. The number of H-pyrrole nitrogens is 1. The lowest BCUT2D eigenvalue weighted by molar-refractivity contribution is 0.131. The lowest BCUT2D eigenvalue weighted by Crippen LogP contribution is -2.45. The number of aromatic nitrogens is 2. The summed E-state index contributed by atoms with van der Waals surface area (Å²) in [7, 11) is 3.78. The van der Waals surface area contributed by atoms with Crippen LogP contribution < -0.4 is 4.74 Å². The van der Waals surface area contributed by atoms with Gasteiger partial charge < -0.3 is 14.5 Å². The number of ether oxygens (including phenoxy) is 1. The van der Waals surface area contributed by atoms with Crippen LogP contribution in [0.3, 0.4) is 0 Å². The van der Waals surface area contributed by atoms with Crippen LogP contribution in [0, 0.1) is 0 Å². The molecule has 0 saturated carbocycles. The van der Waals surface area contributed by atoms with Crippen molar-refractivity contribution in [1.29, 1.82) is 0 Å². The van der Waals surface area contributed by atoms with Gasteiger partial charge in [0.15, 0.2) is 0 Å². The van der Waals surface area contributed by atoms with E-state index in [0.29, 0.717) is 0 Å². The van der Waals surface area contributed by atoms with Crippen LogP contribution in [-0.4, -0.2) is 71.8 Å². The SMILES string of the molecule is CCN1CCN(Cc2c(Cl)cc(C3=CN(C)Cc4[nH]ncc43)cc2OC)CC1. The smallest absolute Gasteiger partial charge is 0.125 e. The zero-order chi connectivity index (χ0) is 19.7. The molecule has 0 atom stereocenters. The highest BCUT2D eigenvalue weighted by Gasteiger charge is 2.23. The Morgan fingerprint density at radius 1 is 1.18 bits per heavy atom. The van der Waals surface area contributed by atoms with Gasteiger partial charge in [-0.15, -0.1) is 0 Å². The number of nitrogens with one attached hydrogen (secondary N) is 1. The van der Waals surface area contributed by atoms with E-state index in [2.05, 4.69) is 57.2 Å². The first-order valence-corrected chi connectivity index (χ1v) is 10.2. The fourth-order valence-electron chi connectivity index (χ4n) is 4.07. The second-order valence-electron chi connectivity index (χ2n) is 7.57. The summed E-state index contributed by atoms with van der Waals surface area (Å²) in [4.78, 5) is 7.09. The third kappa shape index (κ3) is 3.77. The largest absolute Gasteiger partial charge is 0.496 e. The molecule has 0 bridgehead atoms. The monoisotopic (exact) mass is 401 g/mol. The molecule has 4 rings (SSSR count). The number of benzene rings is 1. The van der Waals surface area contributed by atoms with E-state index in [0.717, 1.165) is 84.5 Å². The molecular formula is C21H28ClN5O. The summed E-state index contributed by atoms with van der Waals surface area (Å²) in [5.41, 5.74) is 5.47. The highest BCUT2D eigenvalue weighted by atomic mass is 35.5. The summed E-state index contributed by atoms with van der Waals surface area (Å²) in [6.07, 6.45) is 4.03. The molecule has 1 fully saturated rings. The Morgan fingerprint density at radius 3 is 2.64 bits per heavy atom. The number of piperazine rings is 1. The van der Waals surface area contributed by atoms with Crippen molar-refractivity contribution in [3.8, 4) is 5.75 Å². The average molecular weight is 402 g/mol. The van der Waals surface area contributed by atoms with Crippen LogP contribution in [0.5, 0.6) is 5.75 Å². The zero-order valence-corrected chi connectivity index (χ0v) is 17.6. The molecule has 28 heavy (non-hydrogen) atoms. The van der Waals surface area contributed by atoms with E-state index in [4.69, 9.17) is 16.3 Å². The van der Waals surface area contributed by atoms with Gasteiger partial charge >= 0.3 is 0 Å². The Kier molecular flexibility index (Phi) is 5.62. The van der Waals surface area contributed by atoms with E-state index in [1.807, 2.05) is 6.20 Å². The fraction of sp³-hybridized carbons (Fsp3) is 0.476. The van der Waals surface area contributed by atoms with Crippen LogP contribution >= 0.6 is 11.6 Å². The van der Waals surface area contributed by atoms with Crippen molar-refractivity contribution in [2.75, 3.05) is 46.9 Å². The molecule has 1 aromatic heterocycles. The first-order valence-electron chi connectivity index (χ1n) is 9.85. The number of halogens is 1. The van der Waals surface area contributed by atoms with Crippen LogP contribution in [0.15, 0.2) is 24.5 Å². The molecule has 150 valence electrons. The Hall–Kier alpha value is -2.02. The molecule has 1 aromatic carbocycles. The van der Waals surface area contributed by atoms with E-state index < -0.39 is 0 Å². The van der Waals surface area contributed by atoms with Crippen LogP contribution in [0.1, 0.15) is 29.3 Å². The minimum absolute atomic E-state index is 0.756. The van der Waals surface area contributed by atoms with Crippen LogP contribution in [0.25, 0.3) is 5.57 Å². The Bertz CT molecular complexity index is 870. The van der Waals surface area contributed by atoms with Crippen LogP contribution in [0.4, 0.5) is 0 Å². The number of fused-ring (bicyclic) bond motifs is 1. The lowest BCUT2D eigenvalue weighted by Gasteiger charge is -2.34. The van der Waals surface area contributed by atoms with Gasteiger partial charge in [0.05, 0.1) is 25.5 Å².